The summed E-state index contributed by atoms with van der Waals surface area (Å²) in [6, 6.07) is 13.5. The third-order valence-corrected chi connectivity index (χ3v) is 4.20. The summed E-state index contributed by atoms with van der Waals surface area (Å²) < 4.78 is 13.2. The zero-order valence-corrected chi connectivity index (χ0v) is 15.1. The molecule has 136 valence electrons. The number of nitrogens with zero attached hydrogens (tertiary/aromatic N) is 2. The predicted molar refractivity (Wildman–Crippen MR) is 103 cm³/mol. The van der Waals surface area contributed by atoms with Crippen molar-refractivity contribution >= 4 is 22.6 Å². The van der Waals surface area contributed by atoms with Gasteiger partial charge in [0.1, 0.15) is 17.7 Å². The van der Waals surface area contributed by atoms with Gasteiger partial charge in [-0.1, -0.05) is 12.1 Å². The van der Waals surface area contributed by atoms with Crippen LogP contribution >= 0.6 is 0 Å². The van der Waals surface area contributed by atoms with Crippen LogP contribution in [0, 0.1) is 31.0 Å². The Kier molecular flexibility index (Phi) is 5.32. The van der Waals surface area contributed by atoms with E-state index in [1.165, 1.54) is 18.2 Å². The molecule has 0 saturated heterocycles. The largest absolute Gasteiger partial charge is 0.367 e. The minimum Gasteiger partial charge on any atom is -0.367 e. The van der Waals surface area contributed by atoms with Gasteiger partial charge in [0.25, 0.3) is 5.91 Å². The van der Waals surface area contributed by atoms with Gasteiger partial charge in [0.2, 0.25) is 0 Å². The van der Waals surface area contributed by atoms with Crippen LogP contribution in [0.15, 0.2) is 42.5 Å². The fourth-order valence-electron chi connectivity index (χ4n) is 2.94. The van der Waals surface area contributed by atoms with E-state index in [4.69, 9.17) is 0 Å². The Balaban J connectivity index is 1.68. The molecule has 0 unspecified atom stereocenters. The summed E-state index contributed by atoms with van der Waals surface area (Å²) in [4.78, 5) is 16.6. The highest BCUT2D eigenvalue weighted by molar-refractivity contribution is 5.94. The Hall–Kier alpha value is -3.46. The molecule has 1 amide bonds. The summed E-state index contributed by atoms with van der Waals surface area (Å²) in [5.41, 5.74) is 3.71. The number of carbonyl (C=O) groups is 1. The molecular weight excluding hydrogens is 343 g/mol. The van der Waals surface area contributed by atoms with Gasteiger partial charge in [0.05, 0.1) is 11.1 Å². The second kappa shape index (κ2) is 7.83. The lowest BCUT2D eigenvalue weighted by atomic mass is 10.0. The van der Waals surface area contributed by atoms with Crippen molar-refractivity contribution in [2.45, 2.75) is 13.8 Å². The standard InChI is InChI=1S/C21H19FN4O/c1-13-8-14(2)18-11-16(12-23)20(26-19(18)9-13)24-6-7-25-21(27)15-4-3-5-17(22)10-15/h3-5,8-11H,6-7H2,1-2H3,(H,24,26)(H,25,27). The maximum absolute atomic E-state index is 13.2. The molecule has 0 spiro atoms. The van der Waals surface area contributed by atoms with Crippen LogP contribution in [0.5, 0.6) is 0 Å². The lowest BCUT2D eigenvalue weighted by Crippen LogP contribution is -2.29. The smallest absolute Gasteiger partial charge is 0.251 e. The number of nitriles is 1. The molecule has 0 bridgehead atoms. The van der Waals surface area contributed by atoms with Gasteiger partial charge in [0.15, 0.2) is 0 Å². The van der Waals surface area contributed by atoms with Gasteiger partial charge in [-0.15, -0.1) is 0 Å². The van der Waals surface area contributed by atoms with Gasteiger partial charge < -0.3 is 10.6 Å². The minimum atomic E-state index is -0.453. The van der Waals surface area contributed by atoms with Gasteiger partial charge in [-0.25, -0.2) is 9.37 Å². The molecule has 0 aliphatic carbocycles. The van der Waals surface area contributed by atoms with E-state index in [-0.39, 0.29) is 11.5 Å². The maximum atomic E-state index is 13.2. The number of halogens is 1. The fourth-order valence-corrected chi connectivity index (χ4v) is 2.94. The Morgan fingerprint density at radius 3 is 2.74 bits per heavy atom. The molecule has 3 rings (SSSR count). The first kappa shape index (κ1) is 18.3. The molecule has 2 N–H and O–H groups in total. The van der Waals surface area contributed by atoms with E-state index in [2.05, 4.69) is 27.8 Å². The maximum Gasteiger partial charge on any atom is 0.251 e. The Morgan fingerprint density at radius 1 is 1.19 bits per heavy atom. The van der Waals surface area contributed by atoms with Gasteiger partial charge in [-0.3, -0.25) is 4.79 Å². The van der Waals surface area contributed by atoms with Crippen molar-refractivity contribution in [1.82, 2.24) is 10.3 Å². The van der Waals surface area contributed by atoms with Crippen LogP contribution in [-0.4, -0.2) is 24.0 Å². The number of rotatable bonds is 5. The molecule has 1 aromatic heterocycles. The molecule has 3 aromatic rings. The van der Waals surface area contributed by atoms with Crippen LogP contribution in [0.3, 0.4) is 0 Å². The summed E-state index contributed by atoms with van der Waals surface area (Å²) in [6.45, 7) is 4.69. The van der Waals surface area contributed by atoms with Gasteiger partial charge in [-0.2, -0.15) is 5.26 Å². The fraction of sp³-hybridized carbons (Fsp3) is 0.190. The number of hydrogen-bond acceptors (Lipinski definition) is 4. The lowest BCUT2D eigenvalue weighted by molar-refractivity contribution is 0.0954. The van der Waals surface area contributed by atoms with E-state index >= 15 is 0 Å². The first-order valence-electron chi connectivity index (χ1n) is 8.57. The number of benzene rings is 2. The first-order chi connectivity index (χ1) is 13.0. The van der Waals surface area contributed by atoms with Crippen LogP contribution in [0.1, 0.15) is 27.0 Å². The summed E-state index contributed by atoms with van der Waals surface area (Å²) in [7, 11) is 0. The van der Waals surface area contributed by atoms with E-state index in [9.17, 15) is 14.4 Å². The monoisotopic (exact) mass is 362 g/mol. The molecule has 1 heterocycles. The van der Waals surface area contributed by atoms with E-state index in [0.717, 1.165) is 22.0 Å². The van der Waals surface area contributed by atoms with Crippen LogP contribution in [0.4, 0.5) is 10.2 Å². The summed E-state index contributed by atoms with van der Waals surface area (Å²) >= 11 is 0. The van der Waals surface area contributed by atoms with Crippen LogP contribution in [0.25, 0.3) is 10.9 Å². The second-order valence-corrected chi connectivity index (χ2v) is 6.34. The SMILES string of the molecule is Cc1cc(C)c2cc(C#N)c(NCCNC(=O)c3cccc(F)c3)nc2c1. The molecule has 0 aliphatic rings. The molecule has 2 aromatic carbocycles. The molecule has 6 heteroatoms. The van der Waals surface area contributed by atoms with E-state index in [1.54, 1.807) is 6.07 Å². The summed E-state index contributed by atoms with van der Waals surface area (Å²) in [5.74, 6) is -0.324. The highest BCUT2D eigenvalue weighted by Gasteiger charge is 2.09. The van der Waals surface area contributed by atoms with Crippen LogP contribution < -0.4 is 10.6 Å². The van der Waals surface area contributed by atoms with Crippen molar-refractivity contribution in [2.75, 3.05) is 18.4 Å². The topological polar surface area (TPSA) is 77.8 Å². The lowest BCUT2D eigenvalue weighted by Gasteiger charge is -2.11. The highest BCUT2D eigenvalue weighted by Crippen LogP contribution is 2.24. The normalized spacial score (nSPS) is 10.4. The van der Waals surface area contributed by atoms with Crippen LogP contribution in [-0.2, 0) is 0 Å². The van der Waals surface area contributed by atoms with Crippen molar-refractivity contribution in [3.8, 4) is 6.07 Å². The molecule has 0 aliphatic heterocycles. The van der Waals surface area contributed by atoms with E-state index < -0.39 is 5.82 Å². The number of hydrogen-bond donors (Lipinski definition) is 2. The zero-order chi connectivity index (χ0) is 19.4. The first-order valence-corrected chi connectivity index (χ1v) is 8.57. The summed E-state index contributed by atoms with van der Waals surface area (Å²) in [6.07, 6.45) is 0. The number of aryl methyl sites for hydroxylation is 2. The van der Waals surface area contributed by atoms with E-state index in [0.29, 0.717) is 24.5 Å². The minimum absolute atomic E-state index is 0.266. The van der Waals surface area contributed by atoms with Gasteiger partial charge in [-0.05, 0) is 55.3 Å². The van der Waals surface area contributed by atoms with Crippen molar-refractivity contribution in [3.05, 3.63) is 70.5 Å². The number of fused-ring (bicyclic) bond motifs is 1. The Morgan fingerprint density at radius 2 is 2.00 bits per heavy atom. The van der Waals surface area contributed by atoms with Crippen molar-refractivity contribution < 1.29 is 9.18 Å². The number of carbonyl (C=O) groups excluding carboxylic acids is 1. The molecule has 0 saturated carbocycles. The molecule has 27 heavy (non-hydrogen) atoms. The zero-order valence-electron chi connectivity index (χ0n) is 15.1. The molecular formula is C21H19FN4O. The highest BCUT2D eigenvalue weighted by atomic mass is 19.1. The Bertz CT molecular complexity index is 1060. The quantitative estimate of drug-likeness (QED) is 0.679. The average molecular weight is 362 g/mol. The predicted octanol–water partition coefficient (Wildman–Crippen LogP) is 3.70. The number of amides is 1. The van der Waals surface area contributed by atoms with Crippen LogP contribution in [0.2, 0.25) is 0 Å². The Labute approximate surface area is 156 Å². The second-order valence-electron chi connectivity index (χ2n) is 6.34. The number of anilines is 1. The molecule has 0 radical (unpaired) electrons. The number of nitrogens with one attached hydrogen (secondary N) is 2. The molecule has 0 fully saturated rings. The van der Waals surface area contributed by atoms with Crippen molar-refractivity contribution in [3.63, 3.8) is 0 Å². The van der Waals surface area contributed by atoms with Crippen molar-refractivity contribution in [1.29, 1.82) is 5.26 Å². The van der Waals surface area contributed by atoms with E-state index in [1.807, 2.05) is 26.0 Å². The molecule has 0 atom stereocenters. The van der Waals surface area contributed by atoms with Gasteiger partial charge in [0, 0.05) is 24.0 Å². The summed E-state index contributed by atoms with van der Waals surface area (Å²) in [5, 5.41) is 16.2. The molecule has 5 nitrogen and oxygen atoms in total. The number of pyridine rings is 1. The average Bonchev–Trinajstić information content (AvgIpc) is 2.64. The third kappa shape index (κ3) is 4.21. The number of aromatic nitrogens is 1. The third-order valence-electron chi connectivity index (χ3n) is 4.20. The van der Waals surface area contributed by atoms with Gasteiger partial charge >= 0.3 is 0 Å². The van der Waals surface area contributed by atoms with Crippen molar-refractivity contribution in [2.24, 2.45) is 0 Å².